The van der Waals surface area contributed by atoms with Crippen LogP contribution in [-0.2, 0) is 6.54 Å². The third kappa shape index (κ3) is 6.61. The lowest BCUT2D eigenvalue weighted by Gasteiger charge is -2.17. The first-order valence-electron chi connectivity index (χ1n) is 9.96. The van der Waals surface area contributed by atoms with Crippen LogP contribution in [0.4, 0.5) is 29.1 Å². The monoisotopic (exact) mass is 567 g/mol. The fourth-order valence-corrected chi connectivity index (χ4v) is 3.40. The molecule has 2 heterocycles. The van der Waals surface area contributed by atoms with Gasteiger partial charge in [-0.25, -0.2) is 9.97 Å². The first-order valence-corrected chi connectivity index (χ1v) is 10.3. The number of nitrogens with one attached hydrogen (secondary N) is 1. The van der Waals surface area contributed by atoms with Crippen molar-refractivity contribution >= 4 is 59.0 Å². The molecule has 0 fully saturated rings. The highest BCUT2D eigenvalue weighted by Gasteiger charge is 2.44. The summed E-state index contributed by atoms with van der Waals surface area (Å²) in [4.78, 5) is 8.55. The first kappa shape index (κ1) is 29.2. The Bertz CT molecular complexity index is 1310. The Kier molecular flexibility index (Phi) is 10.00. The van der Waals surface area contributed by atoms with E-state index in [1.165, 1.54) is 18.5 Å². The van der Waals surface area contributed by atoms with Gasteiger partial charge in [-0.2, -0.15) is 17.6 Å². The molecule has 0 aliphatic rings. The zero-order valence-electron chi connectivity index (χ0n) is 18.2. The molecule has 36 heavy (non-hydrogen) atoms. The van der Waals surface area contributed by atoms with E-state index in [0.717, 1.165) is 23.2 Å². The van der Waals surface area contributed by atoms with Gasteiger partial charge in [-0.05, 0) is 36.4 Å². The van der Waals surface area contributed by atoms with Gasteiger partial charge in [0.05, 0.1) is 10.5 Å². The van der Waals surface area contributed by atoms with Crippen molar-refractivity contribution in [2.45, 2.75) is 19.1 Å². The van der Waals surface area contributed by atoms with Crippen LogP contribution in [0.1, 0.15) is 0 Å². The fourth-order valence-electron chi connectivity index (χ4n) is 3.18. The summed E-state index contributed by atoms with van der Waals surface area (Å²) in [6.45, 7) is 1.03. The highest BCUT2D eigenvalue weighted by Crippen LogP contribution is 2.35. The van der Waals surface area contributed by atoms with Crippen LogP contribution in [0.5, 0.6) is 17.2 Å². The van der Waals surface area contributed by atoms with Crippen molar-refractivity contribution in [1.29, 1.82) is 0 Å². The lowest BCUT2D eigenvalue weighted by Crippen LogP contribution is -2.33. The topological polar surface area (TPSA) is 87.2 Å². The third-order valence-corrected chi connectivity index (χ3v) is 4.95. The molecule has 0 atom stereocenters. The standard InChI is InChI=1S/C22H18ClF4N5O2.2ClH/c23-16-10-13(31-20-19-17(29-12-30-20)6-8-32(19)9-7-28)4-5-18(16)33-14-2-1-3-15(11-14)34-22(26,27)21(24)25;;/h1-6,8,10-12,21H,7,9,28H2,(H,29,30,31);2*1H. The quantitative estimate of drug-likeness (QED) is 0.220. The van der Waals surface area contributed by atoms with Gasteiger partial charge in [-0.3, -0.25) is 0 Å². The van der Waals surface area contributed by atoms with Crippen molar-refractivity contribution in [3.05, 3.63) is 66.1 Å². The van der Waals surface area contributed by atoms with E-state index >= 15 is 0 Å². The van der Waals surface area contributed by atoms with Crippen molar-refractivity contribution < 1.29 is 27.0 Å². The number of aromatic nitrogens is 3. The van der Waals surface area contributed by atoms with Gasteiger partial charge in [0.2, 0.25) is 0 Å². The van der Waals surface area contributed by atoms with E-state index in [1.54, 1.807) is 18.2 Å². The molecular weight excluding hydrogens is 549 g/mol. The Balaban J connectivity index is 0.00000228. The maximum Gasteiger partial charge on any atom is 0.461 e. The Morgan fingerprint density at radius 2 is 1.81 bits per heavy atom. The summed E-state index contributed by atoms with van der Waals surface area (Å²) in [5.74, 6) is 0.357. The van der Waals surface area contributed by atoms with Crippen molar-refractivity contribution in [2.24, 2.45) is 5.73 Å². The van der Waals surface area contributed by atoms with Gasteiger partial charge < -0.3 is 25.1 Å². The summed E-state index contributed by atoms with van der Waals surface area (Å²) in [6, 6.07) is 11.6. The second-order valence-corrected chi connectivity index (χ2v) is 7.47. The Morgan fingerprint density at radius 3 is 2.50 bits per heavy atom. The number of nitrogens with zero attached hydrogens (tertiary/aromatic N) is 3. The van der Waals surface area contributed by atoms with Crippen LogP contribution >= 0.6 is 36.4 Å². The summed E-state index contributed by atoms with van der Waals surface area (Å²) in [5.41, 5.74) is 7.80. The zero-order valence-corrected chi connectivity index (χ0v) is 20.6. The summed E-state index contributed by atoms with van der Waals surface area (Å²) >= 11 is 6.34. The third-order valence-electron chi connectivity index (χ3n) is 4.66. The Hall–Kier alpha value is -2.99. The van der Waals surface area contributed by atoms with Crippen LogP contribution < -0.4 is 20.5 Å². The molecular formula is C22H20Cl3F4N5O2. The van der Waals surface area contributed by atoms with Crippen LogP contribution in [0.25, 0.3) is 11.0 Å². The molecule has 3 N–H and O–H groups in total. The van der Waals surface area contributed by atoms with E-state index in [9.17, 15) is 17.6 Å². The van der Waals surface area contributed by atoms with Crippen LogP contribution in [0.15, 0.2) is 61.1 Å². The van der Waals surface area contributed by atoms with Gasteiger partial charge >= 0.3 is 12.5 Å². The molecule has 0 unspecified atom stereocenters. The molecule has 4 rings (SSSR count). The molecule has 0 radical (unpaired) electrons. The van der Waals surface area contributed by atoms with E-state index in [0.29, 0.717) is 24.6 Å². The molecule has 7 nitrogen and oxygen atoms in total. The highest BCUT2D eigenvalue weighted by atomic mass is 35.5. The summed E-state index contributed by atoms with van der Waals surface area (Å²) in [5, 5.41) is 3.39. The van der Waals surface area contributed by atoms with Gasteiger partial charge in [0.15, 0.2) is 5.82 Å². The molecule has 0 saturated heterocycles. The smallest absolute Gasteiger partial charge is 0.456 e. The predicted molar refractivity (Wildman–Crippen MR) is 134 cm³/mol. The highest BCUT2D eigenvalue weighted by molar-refractivity contribution is 6.32. The molecule has 0 bridgehead atoms. The molecule has 2 aromatic carbocycles. The number of fused-ring (bicyclic) bond motifs is 1. The van der Waals surface area contributed by atoms with E-state index < -0.39 is 18.3 Å². The lowest BCUT2D eigenvalue weighted by molar-refractivity contribution is -0.253. The Morgan fingerprint density at radius 1 is 1.06 bits per heavy atom. The molecule has 0 aliphatic heterocycles. The first-order chi connectivity index (χ1) is 16.3. The van der Waals surface area contributed by atoms with Crippen molar-refractivity contribution in [1.82, 2.24) is 14.5 Å². The minimum atomic E-state index is -4.62. The molecule has 0 amide bonds. The van der Waals surface area contributed by atoms with Crippen LogP contribution in [-0.4, -0.2) is 33.6 Å². The number of nitrogens with two attached hydrogens (primary N) is 1. The van der Waals surface area contributed by atoms with Gasteiger partial charge in [0.25, 0.3) is 0 Å². The average molecular weight is 569 g/mol. The Labute approximate surface area is 220 Å². The van der Waals surface area contributed by atoms with E-state index in [4.69, 9.17) is 22.1 Å². The summed E-state index contributed by atoms with van der Waals surface area (Å²) in [7, 11) is 0. The number of anilines is 2. The largest absolute Gasteiger partial charge is 0.461 e. The zero-order chi connectivity index (χ0) is 24.3. The molecule has 0 spiro atoms. The van der Waals surface area contributed by atoms with Gasteiger partial charge in [-0.15, -0.1) is 24.8 Å². The van der Waals surface area contributed by atoms with Crippen molar-refractivity contribution in [3.8, 4) is 17.2 Å². The second kappa shape index (κ2) is 12.3. The van der Waals surface area contributed by atoms with E-state index in [2.05, 4.69) is 20.0 Å². The van der Waals surface area contributed by atoms with Crippen LogP contribution in [0.3, 0.4) is 0 Å². The maximum absolute atomic E-state index is 13.2. The summed E-state index contributed by atoms with van der Waals surface area (Å²) in [6.07, 6.45) is -5.29. The molecule has 14 heteroatoms. The van der Waals surface area contributed by atoms with E-state index in [-0.39, 0.29) is 41.3 Å². The lowest BCUT2D eigenvalue weighted by atomic mass is 10.2. The molecule has 194 valence electrons. The van der Waals surface area contributed by atoms with Crippen LogP contribution in [0, 0.1) is 0 Å². The van der Waals surface area contributed by atoms with Crippen LogP contribution in [0.2, 0.25) is 5.02 Å². The molecule has 4 aromatic rings. The number of hydrogen-bond acceptors (Lipinski definition) is 6. The van der Waals surface area contributed by atoms with E-state index in [1.807, 2.05) is 16.8 Å². The van der Waals surface area contributed by atoms with Crippen molar-refractivity contribution in [3.63, 3.8) is 0 Å². The SMILES string of the molecule is Cl.Cl.NCCn1ccc2ncnc(Nc3ccc(Oc4cccc(OC(F)(F)C(F)F)c4)c(Cl)c3)c21. The minimum absolute atomic E-state index is 0. The number of hydrogen-bond donors (Lipinski definition) is 2. The van der Waals surface area contributed by atoms with Gasteiger partial charge in [0, 0.05) is 31.0 Å². The number of rotatable bonds is 9. The van der Waals surface area contributed by atoms with Gasteiger partial charge in [-0.1, -0.05) is 17.7 Å². The fraction of sp³-hybridized carbons (Fsp3) is 0.182. The predicted octanol–water partition coefficient (Wildman–Crippen LogP) is 6.66. The molecule has 0 aliphatic carbocycles. The molecule has 2 aromatic heterocycles. The number of ether oxygens (including phenoxy) is 2. The number of benzene rings is 2. The van der Waals surface area contributed by atoms with Gasteiger partial charge in [0.1, 0.15) is 29.1 Å². The molecule has 0 saturated carbocycles. The number of alkyl halides is 4. The normalized spacial score (nSPS) is 11.1. The summed E-state index contributed by atoms with van der Waals surface area (Å²) < 4.78 is 62.7. The van der Waals surface area contributed by atoms with Crippen molar-refractivity contribution in [2.75, 3.05) is 11.9 Å². The maximum atomic E-state index is 13.2. The number of halogens is 7. The minimum Gasteiger partial charge on any atom is -0.456 e. The second-order valence-electron chi connectivity index (χ2n) is 7.07. The average Bonchev–Trinajstić information content (AvgIpc) is 3.20.